The maximum absolute atomic E-state index is 12.7. The quantitative estimate of drug-likeness (QED) is 0.636. The highest BCUT2D eigenvalue weighted by Crippen LogP contribution is 2.35. The van der Waals surface area contributed by atoms with E-state index in [-0.39, 0.29) is 24.9 Å². The van der Waals surface area contributed by atoms with E-state index in [2.05, 4.69) is 18.5 Å². The van der Waals surface area contributed by atoms with Gasteiger partial charge < -0.3 is 10.1 Å². The fraction of sp³-hybridized carbons (Fsp3) is 0.238. The Hall–Kier alpha value is -2.88. The average Bonchev–Trinajstić information content (AvgIpc) is 2.58. The van der Waals surface area contributed by atoms with Gasteiger partial charge in [0.2, 0.25) is 5.91 Å². The van der Waals surface area contributed by atoms with Gasteiger partial charge in [0.15, 0.2) is 0 Å². The van der Waals surface area contributed by atoms with Crippen molar-refractivity contribution in [2.75, 3.05) is 6.61 Å². The average molecular weight is 337 g/mol. The lowest BCUT2D eigenvalue weighted by molar-refractivity contribution is -0.138. The zero-order valence-electron chi connectivity index (χ0n) is 14.7. The van der Waals surface area contributed by atoms with E-state index in [1.165, 1.54) is 0 Å². The predicted molar refractivity (Wildman–Crippen MR) is 98.8 cm³/mol. The van der Waals surface area contributed by atoms with Crippen LogP contribution in [0.5, 0.6) is 0 Å². The zero-order valence-corrected chi connectivity index (χ0v) is 14.7. The third-order valence-corrected chi connectivity index (χ3v) is 4.22. The molecular formula is C21H23NO3. The molecule has 0 bridgehead atoms. The third-order valence-electron chi connectivity index (χ3n) is 4.22. The molecule has 1 aliphatic rings. The second-order valence-corrected chi connectivity index (χ2v) is 5.96. The summed E-state index contributed by atoms with van der Waals surface area (Å²) in [5, 5.41) is 2.75. The minimum Gasteiger partial charge on any atom is -0.457 e. The maximum atomic E-state index is 12.7. The number of carbonyl (C=O) groups excluding carboxylic acids is 2. The number of ether oxygens (including phenoxy) is 1. The van der Waals surface area contributed by atoms with Crippen molar-refractivity contribution in [3.05, 3.63) is 83.6 Å². The molecule has 1 atom stereocenters. The Kier molecular flexibility index (Phi) is 6.12. The molecule has 1 N–H and O–H groups in total. The number of allylic oxidation sites excluding steroid dienone is 3. The summed E-state index contributed by atoms with van der Waals surface area (Å²) in [6.45, 7) is 11.1. The maximum Gasteiger partial charge on any atom is 0.336 e. The van der Waals surface area contributed by atoms with Gasteiger partial charge in [-0.05, 0) is 30.5 Å². The van der Waals surface area contributed by atoms with Crippen molar-refractivity contribution in [3.8, 4) is 0 Å². The Morgan fingerprint density at radius 2 is 2.04 bits per heavy atom. The first-order valence-corrected chi connectivity index (χ1v) is 8.15. The highest BCUT2D eigenvalue weighted by Gasteiger charge is 2.33. The van der Waals surface area contributed by atoms with E-state index >= 15 is 0 Å². The Bertz CT molecular complexity index is 771. The van der Waals surface area contributed by atoms with Crippen molar-refractivity contribution >= 4 is 11.9 Å². The van der Waals surface area contributed by atoms with Crippen LogP contribution in [0, 0.1) is 6.92 Å². The van der Waals surface area contributed by atoms with Crippen LogP contribution in [0.1, 0.15) is 30.4 Å². The van der Waals surface area contributed by atoms with Crippen molar-refractivity contribution < 1.29 is 14.3 Å². The number of benzene rings is 1. The molecule has 1 unspecified atom stereocenters. The van der Waals surface area contributed by atoms with Gasteiger partial charge in [0, 0.05) is 18.0 Å². The third kappa shape index (κ3) is 4.35. The van der Waals surface area contributed by atoms with Crippen molar-refractivity contribution in [2.24, 2.45) is 0 Å². The lowest BCUT2D eigenvalue weighted by atomic mass is 9.82. The number of aryl methyl sites for hydroxylation is 1. The smallest absolute Gasteiger partial charge is 0.336 e. The molecule has 25 heavy (non-hydrogen) atoms. The highest BCUT2D eigenvalue weighted by molar-refractivity contribution is 5.96. The Labute approximate surface area is 148 Å². The molecule has 1 heterocycles. The fourth-order valence-corrected chi connectivity index (χ4v) is 2.97. The molecule has 1 aromatic rings. The van der Waals surface area contributed by atoms with E-state index in [0.29, 0.717) is 11.3 Å². The molecule has 4 heteroatoms. The number of nitrogens with one attached hydrogen (secondary N) is 1. The van der Waals surface area contributed by atoms with Gasteiger partial charge in [-0.3, -0.25) is 4.79 Å². The van der Waals surface area contributed by atoms with Crippen LogP contribution >= 0.6 is 0 Å². The van der Waals surface area contributed by atoms with E-state index in [0.717, 1.165) is 16.7 Å². The molecule has 0 saturated carbocycles. The topological polar surface area (TPSA) is 55.4 Å². The Morgan fingerprint density at radius 1 is 1.32 bits per heavy atom. The highest BCUT2D eigenvalue weighted by atomic mass is 16.5. The second kappa shape index (κ2) is 8.29. The van der Waals surface area contributed by atoms with Crippen molar-refractivity contribution in [3.63, 3.8) is 0 Å². The second-order valence-electron chi connectivity index (χ2n) is 5.96. The molecule has 2 rings (SSSR count). The van der Waals surface area contributed by atoms with Crippen molar-refractivity contribution in [1.82, 2.24) is 5.32 Å². The Morgan fingerprint density at radius 3 is 2.68 bits per heavy atom. The fourth-order valence-electron chi connectivity index (χ4n) is 2.97. The molecule has 1 aromatic carbocycles. The molecule has 0 spiro atoms. The van der Waals surface area contributed by atoms with Crippen LogP contribution in [-0.4, -0.2) is 18.5 Å². The first-order valence-electron chi connectivity index (χ1n) is 8.15. The number of esters is 1. The molecule has 1 amide bonds. The number of carbonyl (C=O) groups is 2. The molecular weight excluding hydrogens is 314 g/mol. The molecule has 0 fully saturated rings. The summed E-state index contributed by atoms with van der Waals surface area (Å²) in [5.41, 5.74) is 3.81. The van der Waals surface area contributed by atoms with Crippen molar-refractivity contribution in [2.45, 2.75) is 26.2 Å². The number of rotatable bonds is 6. The number of amides is 1. The standard InChI is InChI=1S/C21H23NO3/c1-5-9-16(6-2)13-25-21(24)20-15(4)22-19(23)12-18(20)17-11-8-7-10-14(17)3/h5-11,18H,1-2,12-13H2,3-4H3,(H,22,23)/b16-9+. The van der Waals surface area contributed by atoms with Crippen molar-refractivity contribution in [1.29, 1.82) is 0 Å². The largest absolute Gasteiger partial charge is 0.457 e. The molecule has 0 radical (unpaired) electrons. The van der Waals surface area contributed by atoms with Gasteiger partial charge in [-0.2, -0.15) is 0 Å². The van der Waals surface area contributed by atoms with Crippen LogP contribution < -0.4 is 5.32 Å². The molecule has 0 aliphatic carbocycles. The normalized spacial score (nSPS) is 17.8. The monoisotopic (exact) mass is 337 g/mol. The van der Waals surface area contributed by atoms with E-state index in [4.69, 9.17) is 4.74 Å². The lowest BCUT2D eigenvalue weighted by Gasteiger charge is -2.27. The van der Waals surface area contributed by atoms with Gasteiger partial charge in [0.05, 0.1) is 5.57 Å². The van der Waals surface area contributed by atoms with Crippen LogP contribution in [-0.2, 0) is 14.3 Å². The van der Waals surface area contributed by atoms with Gasteiger partial charge in [0.25, 0.3) is 0 Å². The SMILES string of the molecule is C=C/C=C(\C=C)COC(=O)C1=C(C)NC(=O)CC1c1ccccc1C. The van der Waals surface area contributed by atoms with E-state index in [1.807, 2.05) is 31.2 Å². The summed E-state index contributed by atoms with van der Waals surface area (Å²) in [6.07, 6.45) is 5.20. The van der Waals surface area contributed by atoms with Gasteiger partial charge in [-0.15, -0.1) is 0 Å². The van der Waals surface area contributed by atoms with Gasteiger partial charge in [-0.1, -0.05) is 55.7 Å². The van der Waals surface area contributed by atoms with Crippen LogP contribution in [0.2, 0.25) is 0 Å². The zero-order chi connectivity index (χ0) is 18.4. The molecule has 130 valence electrons. The first kappa shape index (κ1) is 18.5. The summed E-state index contributed by atoms with van der Waals surface area (Å²) in [6, 6.07) is 7.78. The Balaban J connectivity index is 2.32. The molecule has 1 aliphatic heterocycles. The van der Waals surface area contributed by atoms with Crippen LogP contribution in [0.25, 0.3) is 0 Å². The van der Waals surface area contributed by atoms with E-state index in [9.17, 15) is 9.59 Å². The van der Waals surface area contributed by atoms with Gasteiger partial charge in [-0.25, -0.2) is 4.79 Å². The molecule has 0 saturated heterocycles. The summed E-state index contributed by atoms with van der Waals surface area (Å²) >= 11 is 0. The first-order chi connectivity index (χ1) is 12.0. The summed E-state index contributed by atoms with van der Waals surface area (Å²) in [7, 11) is 0. The lowest BCUT2D eigenvalue weighted by Crippen LogP contribution is -2.34. The number of hydrogen-bond acceptors (Lipinski definition) is 3. The van der Waals surface area contributed by atoms with Gasteiger partial charge in [0.1, 0.15) is 6.61 Å². The van der Waals surface area contributed by atoms with Gasteiger partial charge >= 0.3 is 5.97 Å². The molecule has 4 nitrogen and oxygen atoms in total. The predicted octanol–water partition coefficient (Wildman–Crippen LogP) is 3.71. The van der Waals surface area contributed by atoms with Crippen LogP contribution in [0.4, 0.5) is 0 Å². The summed E-state index contributed by atoms with van der Waals surface area (Å²) in [5.74, 6) is -0.832. The van der Waals surface area contributed by atoms with Crippen LogP contribution in [0.3, 0.4) is 0 Å². The van der Waals surface area contributed by atoms with E-state index in [1.54, 1.807) is 25.2 Å². The number of hydrogen-bond donors (Lipinski definition) is 1. The summed E-state index contributed by atoms with van der Waals surface area (Å²) in [4.78, 5) is 24.7. The van der Waals surface area contributed by atoms with E-state index < -0.39 is 5.97 Å². The molecule has 0 aromatic heterocycles. The minimum absolute atomic E-state index is 0.0966. The van der Waals surface area contributed by atoms with Crippen LogP contribution in [0.15, 0.2) is 72.5 Å². The minimum atomic E-state index is -0.428. The summed E-state index contributed by atoms with van der Waals surface area (Å²) < 4.78 is 5.45.